The molecule has 0 spiro atoms. The number of carbonyl (C=O) groups excluding carboxylic acids is 1. The normalized spacial score (nSPS) is 18.9. The summed E-state index contributed by atoms with van der Waals surface area (Å²) in [5.41, 5.74) is 2.10. The average Bonchev–Trinajstić information content (AvgIpc) is 3.16. The predicted molar refractivity (Wildman–Crippen MR) is 126 cm³/mol. The number of carbonyl (C=O) groups is 1. The lowest BCUT2D eigenvalue weighted by atomic mass is 9.98. The summed E-state index contributed by atoms with van der Waals surface area (Å²) < 4.78 is 2.03. The van der Waals surface area contributed by atoms with Gasteiger partial charge in [-0.3, -0.25) is 9.36 Å². The van der Waals surface area contributed by atoms with Gasteiger partial charge < -0.3 is 4.90 Å². The number of hydrogen-bond acceptors (Lipinski definition) is 4. The maximum atomic E-state index is 13.0. The maximum absolute atomic E-state index is 13.0. The molecule has 5 nitrogen and oxygen atoms in total. The number of rotatable bonds is 6. The minimum absolute atomic E-state index is 0.167. The number of piperidine rings is 1. The monoisotopic (exact) mass is 454 g/mol. The van der Waals surface area contributed by atoms with E-state index in [4.69, 9.17) is 11.6 Å². The van der Waals surface area contributed by atoms with Gasteiger partial charge in [0.15, 0.2) is 5.16 Å². The first-order valence-corrected chi connectivity index (χ1v) is 12.1. The predicted octanol–water partition coefficient (Wildman–Crippen LogP) is 5.39. The van der Waals surface area contributed by atoms with Gasteiger partial charge in [-0.1, -0.05) is 53.7 Å². The van der Waals surface area contributed by atoms with E-state index in [0.29, 0.717) is 29.3 Å². The summed E-state index contributed by atoms with van der Waals surface area (Å²) in [6.07, 6.45) is 3.99. The molecule has 2 heterocycles. The molecule has 1 aliphatic heterocycles. The lowest BCUT2D eigenvalue weighted by Crippen LogP contribution is -2.48. The van der Waals surface area contributed by atoms with Crippen LogP contribution in [0.25, 0.3) is 5.69 Å². The van der Waals surface area contributed by atoms with E-state index in [1.807, 2.05) is 51.9 Å². The quantitative estimate of drug-likeness (QED) is 0.468. The van der Waals surface area contributed by atoms with Crippen LogP contribution in [0.5, 0.6) is 0 Å². The third kappa shape index (κ3) is 5.13. The van der Waals surface area contributed by atoms with E-state index in [1.165, 1.54) is 18.2 Å². The Hall–Kier alpha value is -2.31. The Balaban J connectivity index is 1.58. The highest BCUT2D eigenvalue weighted by molar-refractivity contribution is 7.99. The molecule has 1 amide bonds. The summed E-state index contributed by atoms with van der Waals surface area (Å²) >= 11 is 7.55. The molecule has 31 heavy (non-hydrogen) atoms. The topological polar surface area (TPSA) is 51.0 Å². The summed E-state index contributed by atoms with van der Waals surface area (Å²) in [6, 6.07) is 18.4. The second-order valence-electron chi connectivity index (χ2n) is 8.09. The molecule has 1 aliphatic rings. The first-order chi connectivity index (χ1) is 15.0. The summed E-state index contributed by atoms with van der Waals surface area (Å²) in [7, 11) is 0. The Labute approximate surface area is 192 Å². The van der Waals surface area contributed by atoms with Crippen molar-refractivity contribution in [3.05, 3.63) is 71.0 Å². The van der Waals surface area contributed by atoms with Crippen LogP contribution in [0.4, 0.5) is 0 Å². The van der Waals surface area contributed by atoms with E-state index in [1.54, 1.807) is 0 Å². The molecule has 2 aromatic carbocycles. The Morgan fingerprint density at radius 1 is 1.03 bits per heavy atom. The zero-order valence-electron chi connectivity index (χ0n) is 17.9. The minimum atomic E-state index is 0.167. The molecular formula is C24H27ClN4OS. The molecule has 0 bridgehead atoms. The number of likely N-dealkylation sites (tertiary alicyclic amines) is 1. The van der Waals surface area contributed by atoms with Crippen LogP contribution in [0.15, 0.2) is 59.8 Å². The van der Waals surface area contributed by atoms with Crippen LogP contribution in [-0.2, 0) is 11.2 Å². The fourth-order valence-electron chi connectivity index (χ4n) is 4.25. The maximum Gasteiger partial charge on any atom is 0.233 e. The van der Waals surface area contributed by atoms with Gasteiger partial charge in [0.05, 0.1) is 5.75 Å². The fraction of sp³-hybridized carbons (Fsp3) is 0.375. The molecule has 0 radical (unpaired) electrons. The van der Waals surface area contributed by atoms with Gasteiger partial charge in [0, 0.05) is 29.2 Å². The lowest BCUT2D eigenvalue weighted by molar-refractivity contribution is -0.134. The molecule has 0 unspecified atom stereocenters. The minimum Gasteiger partial charge on any atom is -0.337 e. The number of benzene rings is 2. The van der Waals surface area contributed by atoms with Crippen molar-refractivity contribution in [3.8, 4) is 5.69 Å². The summed E-state index contributed by atoms with van der Waals surface area (Å²) in [5, 5.41) is 10.3. The number of aromatic nitrogens is 3. The van der Waals surface area contributed by atoms with Gasteiger partial charge in [-0.25, -0.2) is 0 Å². The van der Waals surface area contributed by atoms with Gasteiger partial charge in [-0.15, -0.1) is 10.2 Å². The molecule has 162 valence electrons. The van der Waals surface area contributed by atoms with Crippen LogP contribution in [-0.4, -0.2) is 43.4 Å². The molecule has 7 heteroatoms. The van der Waals surface area contributed by atoms with Crippen molar-refractivity contribution in [3.63, 3.8) is 0 Å². The molecule has 0 aliphatic carbocycles. The van der Waals surface area contributed by atoms with Crippen molar-refractivity contribution < 1.29 is 4.79 Å². The average molecular weight is 455 g/mol. The Kier molecular flexibility index (Phi) is 6.98. The standard InChI is InChI=1S/C24H27ClN4OS/c1-17-7-6-8-18(2)28(17)23(30)16-31-24-27-26-22(15-19-9-4-3-5-10-19)29(24)21-13-11-20(25)12-14-21/h3-5,9-14,17-18H,6-8,15-16H2,1-2H3/t17-,18+. The highest BCUT2D eigenvalue weighted by Gasteiger charge is 2.29. The van der Waals surface area contributed by atoms with Crippen LogP contribution in [0.2, 0.25) is 5.02 Å². The molecule has 0 N–H and O–H groups in total. The van der Waals surface area contributed by atoms with Crippen molar-refractivity contribution in [1.29, 1.82) is 0 Å². The number of thioether (sulfide) groups is 1. The van der Waals surface area contributed by atoms with Gasteiger partial charge in [-0.05, 0) is 62.9 Å². The van der Waals surface area contributed by atoms with E-state index in [0.717, 1.165) is 35.1 Å². The van der Waals surface area contributed by atoms with Gasteiger partial charge in [-0.2, -0.15) is 0 Å². The summed E-state index contributed by atoms with van der Waals surface area (Å²) in [4.78, 5) is 15.1. The van der Waals surface area contributed by atoms with Crippen molar-refractivity contribution >= 4 is 29.3 Å². The molecule has 1 fully saturated rings. The van der Waals surface area contributed by atoms with Crippen LogP contribution in [0, 0.1) is 0 Å². The van der Waals surface area contributed by atoms with E-state index in [-0.39, 0.29) is 5.91 Å². The molecule has 4 rings (SSSR count). The number of halogens is 1. The van der Waals surface area contributed by atoms with Crippen molar-refractivity contribution in [1.82, 2.24) is 19.7 Å². The highest BCUT2D eigenvalue weighted by Crippen LogP contribution is 2.27. The van der Waals surface area contributed by atoms with Crippen LogP contribution in [0.3, 0.4) is 0 Å². The second kappa shape index (κ2) is 9.88. The van der Waals surface area contributed by atoms with E-state index >= 15 is 0 Å². The molecular weight excluding hydrogens is 428 g/mol. The second-order valence-corrected chi connectivity index (χ2v) is 9.47. The van der Waals surface area contributed by atoms with E-state index in [2.05, 4.69) is 36.2 Å². The molecule has 2 atom stereocenters. The van der Waals surface area contributed by atoms with Crippen LogP contribution >= 0.6 is 23.4 Å². The molecule has 0 saturated carbocycles. The lowest BCUT2D eigenvalue weighted by Gasteiger charge is -2.39. The Bertz CT molecular complexity index is 1010. The molecule has 1 aromatic heterocycles. The molecule has 1 saturated heterocycles. The zero-order valence-corrected chi connectivity index (χ0v) is 19.4. The Morgan fingerprint density at radius 2 is 1.71 bits per heavy atom. The SMILES string of the molecule is C[C@@H]1CCC[C@H](C)N1C(=O)CSc1nnc(Cc2ccccc2)n1-c1ccc(Cl)cc1. The summed E-state index contributed by atoms with van der Waals surface area (Å²) in [6.45, 7) is 4.29. The first kappa shape index (κ1) is 21.9. The van der Waals surface area contributed by atoms with Gasteiger partial charge in [0.1, 0.15) is 5.82 Å². The van der Waals surface area contributed by atoms with Gasteiger partial charge >= 0.3 is 0 Å². The third-order valence-corrected chi connectivity index (χ3v) is 6.96. The van der Waals surface area contributed by atoms with Crippen LogP contribution < -0.4 is 0 Å². The van der Waals surface area contributed by atoms with Gasteiger partial charge in [0.2, 0.25) is 5.91 Å². The number of nitrogens with zero attached hydrogens (tertiary/aromatic N) is 4. The van der Waals surface area contributed by atoms with Crippen LogP contribution in [0.1, 0.15) is 44.5 Å². The Morgan fingerprint density at radius 3 is 2.39 bits per heavy atom. The first-order valence-electron chi connectivity index (χ1n) is 10.7. The van der Waals surface area contributed by atoms with Gasteiger partial charge in [0.25, 0.3) is 0 Å². The van der Waals surface area contributed by atoms with E-state index < -0.39 is 0 Å². The molecule has 3 aromatic rings. The largest absolute Gasteiger partial charge is 0.337 e. The number of hydrogen-bond donors (Lipinski definition) is 0. The zero-order chi connectivity index (χ0) is 21.8. The summed E-state index contributed by atoms with van der Waals surface area (Å²) in [5.74, 6) is 1.36. The van der Waals surface area contributed by atoms with Crippen molar-refractivity contribution in [2.75, 3.05) is 5.75 Å². The highest BCUT2D eigenvalue weighted by atomic mass is 35.5. The smallest absolute Gasteiger partial charge is 0.233 e. The van der Waals surface area contributed by atoms with Crippen molar-refractivity contribution in [2.45, 2.75) is 56.8 Å². The fourth-order valence-corrected chi connectivity index (χ4v) is 5.22. The van der Waals surface area contributed by atoms with E-state index in [9.17, 15) is 4.79 Å². The van der Waals surface area contributed by atoms with Crippen molar-refractivity contribution in [2.24, 2.45) is 0 Å². The number of amides is 1. The third-order valence-electron chi connectivity index (χ3n) is 5.80.